The molecule has 10 heteroatoms. The third-order valence-electron chi connectivity index (χ3n) is 11.9. The fraction of sp³-hybridized carbons (Fsp3) is 0.788. The molecule has 0 bridgehead atoms. The van der Waals surface area contributed by atoms with Gasteiger partial charge in [0, 0.05) is 49.9 Å². The van der Waals surface area contributed by atoms with Crippen molar-refractivity contribution in [3.63, 3.8) is 0 Å². The largest absolute Gasteiger partial charge is 0.463 e. The summed E-state index contributed by atoms with van der Waals surface area (Å²) >= 11 is 0. The SMILES string of the molecule is CC(=O)O[C@H]1CC(=O)OC(C)(C)[C@@H]2C[C@@H](OC(C)=O)[C@@]3(C)C4=CC[C@@H]([C@H]5COC(=O)[C@H](OC(C)=O)C5)[C@]4(C)CC[C@@H]3[C@@]12C. The maximum atomic E-state index is 13.1. The van der Waals surface area contributed by atoms with Gasteiger partial charge >= 0.3 is 29.8 Å². The molecule has 0 unspecified atom stereocenters. The van der Waals surface area contributed by atoms with E-state index in [0.717, 1.165) is 19.3 Å². The lowest BCUT2D eigenvalue weighted by molar-refractivity contribution is -0.227. The van der Waals surface area contributed by atoms with Crippen molar-refractivity contribution in [3.05, 3.63) is 11.6 Å². The van der Waals surface area contributed by atoms with Gasteiger partial charge in [-0.15, -0.1) is 0 Å². The molecule has 2 saturated heterocycles. The molecule has 10 nitrogen and oxygen atoms in total. The summed E-state index contributed by atoms with van der Waals surface area (Å²) in [4.78, 5) is 62.2. The van der Waals surface area contributed by atoms with Gasteiger partial charge in [0.2, 0.25) is 0 Å². The van der Waals surface area contributed by atoms with Gasteiger partial charge < -0.3 is 23.7 Å². The Bertz CT molecular complexity index is 1250. The predicted molar refractivity (Wildman–Crippen MR) is 152 cm³/mol. The number of carbonyl (C=O) groups is 5. The van der Waals surface area contributed by atoms with Gasteiger partial charge in [0.05, 0.1) is 13.0 Å². The Morgan fingerprint density at radius 2 is 1.49 bits per heavy atom. The maximum Gasteiger partial charge on any atom is 0.347 e. The van der Waals surface area contributed by atoms with Gasteiger partial charge in [0.15, 0.2) is 6.10 Å². The van der Waals surface area contributed by atoms with E-state index in [-0.39, 0.29) is 48.1 Å². The van der Waals surface area contributed by atoms with Gasteiger partial charge in [-0.05, 0) is 56.8 Å². The lowest BCUT2D eigenvalue weighted by Gasteiger charge is -2.66. The number of allylic oxidation sites excluding steroid dienone is 1. The zero-order valence-corrected chi connectivity index (χ0v) is 26.7. The van der Waals surface area contributed by atoms with Crippen molar-refractivity contribution in [2.75, 3.05) is 6.61 Å². The second-order valence-electron chi connectivity index (χ2n) is 14.6. The Hall–Kier alpha value is -2.91. The van der Waals surface area contributed by atoms with E-state index in [9.17, 15) is 24.0 Å². The molecule has 5 aliphatic rings. The molecule has 43 heavy (non-hydrogen) atoms. The zero-order valence-electron chi connectivity index (χ0n) is 26.7. The van der Waals surface area contributed by atoms with E-state index in [1.165, 1.54) is 26.3 Å². The summed E-state index contributed by atoms with van der Waals surface area (Å²) in [6, 6.07) is 0. The van der Waals surface area contributed by atoms with Gasteiger partial charge in [-0.2, -0.15) is 0 Å². The topological polar surface area (TPSA) is 132 Å². The second-order valence-corrected chi connectivity index (χ2v) is 14.6. The second kappa shape index (κ2) is 10.6. The molecule has 2 heterocycles. The molecule has 0 aromatic heterocycles. The number of ether oxygens (including phenoxy) is 5. The zero-order chi connectivity index (χ0) is 31.7. The van der Waals surface area contributed by atoms with Crippen molar-refractivity contribution in [1.29, 1.82) is 0 Å². The Morgan fingerprint density at radius 1 is 0.860 bits per heavy atom. The first-order valence-corrected chi connectivity index (χ1v) is 15.6. The average molecular weight is 603 g/mol. The molecule has 3 aliphatic carbocycles. The third kappa shape index (κ3) is 4.96. The Labute approximate surface area is 253 Å². The van der Waals surface area contributed by atoms with Gasteiger partial charge in [0.25, 0.3) is 0 Å². The first kappa shape index (κ1) is 31.5. The van der Waals surface area contributed by atoms with Gasteiger partial charge in [-0.1, -0.05) is 32.4 Å². The monoisotopic (exact) mass is 602 g/mol. The highest BCUT2D eigenvalue weighted by molar-refractivity contribution is 5.79. The minimum absolute atomic E-state index is 0.0170. The highest BCUT2D eigenvalue weighted by atomic mass is 16.6. The van der Waals surface area contributed by atoms with E-state index >= 15 is 0 Å². The first-order chi connectivity index (χ1) is 19.9. The number of carbonyl (C=O) groups excluding carboxylic acids is 5. The Kier molecular flexibility index (Phi) is 7.78. The van der Waals surface area contributed by atoms with E-state index in [1.807, 2.05) is 13.8 Å². The van der Waals surface area contributed by atoms with Crippen LogP contribution in [0.15, 0.2) is 11.6 Å². The molecule has 0 N–H and O–H groups in total. The quantitative estimate of drug-likeness (QED) is 0.258. The highest BCUT2D eigenvalue weighted by Gasteiger charge is 2.71. The van der Waals surface area contributed by atoms with Crippen LogP contribution in [0.3, 0.4) is 0 Å². The molecular weight excluding hydrogens is 556 g/mol. The first-order valence-electron chi connectivity index (χ1n) is 15.6. The smallest absolute Gasteiger partial charge is 0.347 e. The van der Waals surface area contributed by atoms with Crippen LogP contribution in [0.1, 0.15) is 93.9 Å². The molecular formula is C33H46O10. The normalized spacial score (nSPS) is 43.3. The summed E-state index contributed by atoms with van der Waals surface area (Å²) in [6.07, 6.45) is 3.26. The van der Waals surface area contributed by atoms with E-state index in [0.29, 0.717) is 12.8 Å². The van der Waals surface area contributed by atoms with Crippen LogP contribution < -0.4 is 0 Å². The van der Waals surface area contributed by atoms with E-state index < -0.39 is 58.6 Å². The molecule has 238 valence electrons. The fourth-order valence-corrected chi connectivity index (χ4v) is 10.3. The number of esters is 5. The van der Waals surface area contributed by atoms with E-state index in [4.69, 9.17) is 23.7 Å². The summed E-state index contributed by atoms with van der Waals surface area (Å²) < 4.78 is 29.0. The van der Waals surface area contributed by atoms with Crippen LogP contribution in [0.5, 0.6) is 0 Å². The summed E-state index contributed by atoms with van der Waals surface area (Å²) in [5.41, 5.74) is -1.27. The fourth-order valence-electron chi connectivity index (χ4n) is 10.3. The Morgan fingerprint density at radius 3 is 2.12 bits per heavy atom. The van der Waals surface area contributed by atoms with Crippen LogP contribution >= 0.6 is 0 Å². The summed E-state index contributed by atoms with van der Waals surface area (Å²) in [5, 5.41) is 0. The lowest BCUT2D eigenvalue weighted by atomic mass is 9.39. The molecule has 5 rings (SSSR count). The molecule has 2 saturated carbocycles. The highest BCUT2D eigenvalue weighted by Crippen LogP contribution is 2.72. The molecule has 0 aromatic rings. The van der Waals surface area contributed by atoms with Gasteiger partial charge in [-0.25, -0.2) is 4.79 Å². The van der Waals surface area contributed by atoms with Crippen LogP contribution in [-0.2, 0) is 47.7 Å². The average Bonchev–Trinajstić information content (AvgIpc) is 3.20. The number of hydrogen-bond acceptors (Lipinski definition) is 10. The molecule has 0 amide bonds. The minimum Gasteiger partial charge on any atom is -0.463 e. The van der Waals surface area contributed by atoms with Crippen LogP contribution in [0.2, 0.25) is 0 Å². The van der Waals surface area contributed by atoms with E-state index in [2.05, 4.69) is 26.8 Å². The van der Waals surface area contributed by atoms with Gasteiger partial charge in [-0.3, -0.25) is 19.2 Å². The van der Waals surface area contributed by atoms with Gasteiger partial charge in [0.1, 0.15) is 17.8 Å². The molecule has 4 fully saturated rings. The molecule has 0 aromatic carbocycles. The standard InChI is InChI=1S/C33H46O10/c1-17(34)40-22-13-20(16-39-29(22)38)21-9-10-23-31(21,6)12-11-24-32(23,7)26(41-18(2)35)14-25-30(4,5)43-28(37)15-27(33(24,25)8)42-19(3)36/h10,20-22,24-27H,9,11-16H2,1-8H3/t20-,21+,22-,24+,25+,26-,27+,31+,32+,33-/m1/s1. The summed E-state index contributed by atoms with van der Waals surface area (Å²) in [7, 11) is 0. The maximum absolute atomic E-state index is 13.1. The third-order valence-corrected chi connectivity index (χ3v) is 11.9. The van der Waals surface area contributed by atoms with Crippen molar-refractivity contribution in [2.45, 2.75) is 118 Å². The van der Waals surface area contributed by atoms with Crippen LogP contribution in [0.25, 0.3) is 0 Å². The summed E-state index contributed by atoms with van der Waals surface area (Å²) in [5.74, 6) is -2.50. The lowest BCUT2D eigenvalue weighted by Crippen LogP contribution is -2.67. The molecule has 0 radical (unpaired) electrons. The van der Waals surface area contributed by atoms with Crippen molar-refractivity contribution in [3.8, 4) is 0 Å². The number of rotatable bonds is 4. The molecule has 10 atom stereocenters. The number of fused-ring (bicyclic) bond motifs is 5. The predicted octanol–water partition coefficient (Wildman–Crippen LogP) is 4.47. The Balaban J connectivity index is 1.58. The molecule has 2 aliphatic heterocycles. The molecule has 0 spiro atoms. The van der Waals surface area contributed by atoms with Crippen molar-refractivity contribution in [1.82, 2.24) is 0 Å². The number of cyclic esters (lactones) is 2. The van der Waals surface area contributed by atoms with Crippen LogP contribution in [0, 0.1) is 39.9 Å². The number of hydrogen-bond donors (Lipinski definition) is 0. The van der Waals surface area contributed by atoms with Crippen molar-refractivity contribution < 1.29 is 47.7 Å². The van der Waals surface area contributed by atoms with E-state index in [1.54, 1.807) is 0 Å². The van der Waals surface area contributed by atoms with Crippen LogP contribution in [0.4, 0.5) is 0 Å². The van der Waals surface area contributed by atoms with Crippen LogP contribution in [-0.4, -0.2) is 60.4 Å². The van der Waals surface area contributed by atoms with Crippen molar-refractivity contribution >= 4 is 29.8 Å². The minimum atomic E-state index is -0.922. The summed E-state index contributed by atoms with van der Waals surface area (Å²) in [6.45, 7) is 14.7. The van der Waals surface area contributed by atoms with Crippen molar-refractivity contribution in [2.24, 2.45) is 39.9 Å².